The third kappa shape index (κ3) is 5.97. The van der Waals surface area contributed by atoms with Gasteiger partial charge in [-0.15, -0.1) is 11.3 Å². The molecule has 3 unspecified atom stereocenters. The van der Waals surface area contributed by atoms with Crippen LogP contribution in [0.5, 0.6) is 0 Å². The number of carbonyl (C=O) groups excluding carboxylic acids is 3. The highest BCUT2D eigenvalue weighted by atomic mass is 35.5. The predicted octanol–water partition coefficient (Wildman–Crippen LogP) is 3.83. The van der Waals surface area contributed by atoms with Gasteiger partial charge in [0.1, 0.15) is 5.69 Å². The minimum atomic E-state index is -0.410. The van der Waals surface area contributed by atoms with E-state index >= 15 is 0 Å². The molecular weight excluding hydrogens is 536 g/mol. The fourth-order valence-corrected chi connectivity index (χ4v) is 6.66. The molecule has 1 saturated carbocycles. The lowest BCUT2D eigenvalue weighted by atomic mass is 9.81. The number of halogens is 1. The summed E-state index contributed by atoms with van der Waals surface area (Å²) in [6.45, 7) is 5.67. The molecule has 0 radical (unpaired) electrons. The molecule has 0 bridgehead atoms. The maximum atomic E-state index is 13.4. The Balaban J connectivity index is 1.34. The highest BCUT2D eigenvalue weighted by Gasteiger charge is 2.38. The summed E-state index contributed by atoms with van der Waals surface area (Å²) in [7, 11) is 3.87. The van der Waals surface area contributed by atoms with Crippen molar-refractivity contribution in [1.29, 1.82) is 0 Å². The average Bonchev–Trinajstić information content (AvgIpc) is 3.52. The molecular formula is C28H35ClN6O3S. The van der Waals surface area contributed by atoms with E-state index in [1.807, 2.05) is 27.0 Å². The Bertz CT molecular complexity index is 1400. The number of aromatic amines is 1. The maximum absolute atomic E-state index is 13.4. The molecule has 3 atom stereocenters. The van der Waals surface area contributed by atoms with Gasteiger partial charge in [-0.1, -0.05) is 11.6 Å². The molecule has 1 aliphatic carbocycles. The fourth-order valence-electron chi connectivity index (χ4n) is 5.39. The van der Waals surface area contributed by atoms with Crippen molar-refractivity contribution in [2.45, 2.75) is 64.2 Å². The lowest BCUT2D eigenvalue weighted by Crippen LogP contribution is -2.56. The van der Waals surface area contributed by atoms with Crippen LogP contribution >= 0.6 is 22.9 Å². The van der Waals surface area contributed by atoms with Crippen LogP contribution in [0.25, 0.3) is 10.9 Å². The Kier molecular flexibility index (Phi) is 7.98. The molecule has 11 heteroatoms. The lowest BCUT2D eigenvalue weighted by molar-refractivity contribution is -0.137. The van der Waals surface area contributed by atoms with Crippen molar-refractivity contribution >= 4 is 51.6 Å². The summed E-state index contributed by atoms with van der Waals surface area (Å²) in [6.07, 6.45) is 2.48. The molecule has 2 aromatic heterocycles. The largest absolute Gasteiger partial charge is 0.351 e. The second-order valence-electron chi connectivity index (χ2n) is 11.0. The van der Waals surface area contributed by atoms with Crippen molar-refractivity contribution in [2.75, 3.05) is 20.6 Å². The Labute approximate surface area is 237 Å². The van der Waals surface area contributed by atoms with Crippen LogP contribution in [-0.4, -0.2) is 76.3 Å². The predicted molar refractivity (Wildman–Crippen MR) is 153 cm³/mol. The summed E-state index contributed by atoms with van der Waals surface area (Å²) in [4.78, 5) is 52.7. The van der Waals surface area contributed by atoms with Crippen molar-refractivity contribution in [3.8, 4) is 0 Å². The van der Waals surface area contributed by atoms with Gasteiger partial charge in [0.05, 0.1) is 11.7 Å². The number of rotatable bonds is 6. The van der Waals surface area contributed by atoms with E-state index in [-0.39, 0.29) is 35.7 Å². The smallest absolute Gasteiger partial charge is 0.280 e. The first-order valence-corrected chi connectivity index (χ1v) is 14.6. The number of thiazole rings is 1. The van der Waals surface area contributed by atoms with Gasteiger partial charge in [-0.3, -0.25) is 14.4 Å². The van der Waals surface area contributed by atoms with Crippen molar-refractivity contribution in [2.24, 2.45) is 5.92 Å². The van der Waals surface area contributed by atoms with Crippen LogP contribution in [0.2, 0.25) is 5.02 Å². The number of H-pyrrole nitrogens is 1. The first-order chi connectivity index (χ1) is 18.6. The zero-order valence-corrected chi connectivity index (χ0v) is 24.3. The highest BCUT2D eigenvalue weighted by Crippen LogP contribution is 2.29. The fraction of sp³-hybridized carbons (Fsp3) is 0.500. The Morgan fingerprint density at radius 3 is 2.69 bits per heavy atom. The molecule has 5 rings (SSSR count). The molecule has 0 spiro atoms. The van der Waals surface area contributed by atoms with Crippen molar-refractivity contribution in [3.63, 3.8) is 0 Å². The highest BCUT2D eigenvalue weighted by molar-refractivity contribution is 7.13. The second-order valence-corrected chi connectivity index (χ2v) is 12.5. The molecule has 1 aliphatic heterocycles. The summed E-state index contributed by atoms with van der Waals surface area (Å²) in [6, 6.07) is 6.53. The van der Waals surface area contributed by atoms with Crippen LogP contribution in [0, 0.1) is 5.92 Å². The summed E-state index contributed by atoms with van der Waals surface area (Å²) in [5, 5.41) is 8.13. The van der Waals surface area contributed by atoms with Crippen LogP contribution in [0.15, 0.2) is 24.3 Å². The third-order valence-electron chi connectivity index (χ3n) is 7.90. The number of carbonyl (C=O) groups is 3. The summed E-state index contributed by atoms with van der Waals surface area (Å²) < 4.78 is 0. The first kappa shape index (κ1) is 27.6. The van der Waals surface area contributed by atoms with Crippen LogP contribution < -0.4 is 10.6 Å². The van der Waals surface area contributed by atoms with Gasteiger partial charge < -0.3 is 25.4 Å². The summed E-state index contributed by atoms with van der Waals surface area (Å²) in [5.41, 5.74) is 2.23. The van der Waals surface area contributed by atoms with Gasteiger partial charge in [0, 0.05) is 65.4 Å². The molecule has 39 heavy (non-hydrogen) atoms. The minimum absolute atomic E-state index is 0.0641. The van der Waals surface area contributed by atoms with Gasteiger partial charge in [-0.2, -0.15) is 0 Å². The number of aromatic nitrogens is 2. The van der Waals surface area contributed by atoms with Crippen molar-refractivity contribution in [1.82, 2.24) is 30.4 Å². The van der Waals surface area contributed by atoms with Gasteiger partial charge in [0.25, 0.3) is 11.8 Å². The molecule has 3 N–H and O–H groups in total. The number of nitrogens with zero attached hydrogens (tertiary/aromatic N) is 3. The van der Waals surface area contributed by atoms with Crippen LogP contribution in [-0.2, 0) is 17.8 Å². The standard InChI is InChI=1S/C28H35ClN6O3S/c1-15(2)35(4)28(38)16-5-7-20(31-25(36)23-13-17-11-18(29)6-8-19(17)30-23)22(12-16)32-26(37)27-33-21-9-10-34(3)14-24(21)39-27/h6,8,11,13,15-16,20,22,30H,5,7,9-10,12,14H2,1-4H3,(H,31,36)(H,32,37). The number of fused-ring (bicyclic) bond motifs is 2. The van der Waals surface area contributed by atoms with Gasteiger partial charge >= 0.3 is 0 Å². The average molecular weight is 571 g/mol. The first-order valence-electron chi connectivity index (χ1n) is 13.4. The van der Waals surface area contributed by atoms with E-state index in [4.69, 9.17) is 11.6 Å². The monoisotopic (exact) mass is 570 g/mol. The molecule has 1 fully saturated rings. The number of nitrogens with one attached hydrogen (secondary N) is 3. The lowest BCUT2D eigenvalue weighted by Gasteiger charge is -2.38. The molecule has 3 aromatic rings. The number of hydrogen-bond donors (Lipinski definition) is 3. The SMILES string of the molecule is CC(C)N(C)C(=O)C1CCC(NC(=O)c2cc3cc(Cl)ccc3[nH]2)C(NC(=O)c2nc3c(s2)CN(C)CC3)C1. The van der Waals surface area contributed by atoms with E-state index in [2.05, 4.69) is 32.5 Å². The van der Waals surface area contributed by atoms with Crippen molar-refractivity contribution in [3.05, 3.63) is 50.6 Å². The van der Waals surface area contributed by atoms with E-state index in [0.29, 0.717) is 35.0 Å². The summed E-state index contributed by atoms with van der Waals surface area (Å²) in [5.74, 6) is -0.686. The molecule has 3 amide bonds. The molecule has 1 aromatic carbocycles. The van der Waals surface area contributed by atoms with E-state index in [1.165, 1.54) is 11.3 Å². The van der Waals surface area contributed by atoms with Crippen LogP contribution in [0.1, 0.15) is 64.0 Å². The van der Waals surface area contributed by atoms with Crippen LogP contribution in [0.4, 0.5) is 0 Å². The third-order valence-corrected chi connectivity index (χ3v) is 9.21. The zero-order valence-electron chi connectivity index (χ0n) is 22.7. The summed E-state index contributed by atoms with van der Waals surface area (Å²) >= 11 is 7.53. The normalized spacial score (nSPS) is 21.5. The number of benzene rings is 1. The molecule has 2 aliphatic rings. The van der Waals surface area contributed by atoms with E-state index in [9.17, 15) is 14.4 Å². The molecule has 3 heterocycles. The molecule has 208 valence electrons. The van der Waals surface area contributed by atoms with E-state index in [1.54, 1.807) is 23.1 Å². The Hall–Kier alpha value is -2.95. The minimum Gasteiger partial charge on any atom is -0.351 e. The number of hydrogen-bond acceptors (Lipinski definition) is 6. The van der Waals surface area contributed by atoms with Crippen LogP contribution in [0.3, 0.4) is 0 Å². The van der Waals surface area contributed by atoms with Gasteiger partial charge in [-0.05, 0) is 64.4 Å². The van der Waals surface area contributed by atoms with E-state index in [0.717, 1.165) is 41.0 Å². The van der Waals surface area contributed by atoms with E-state index < -0.39 is 6.04 Å². The Morgan fingerprint density at radius 2 is 1.92 bits per heavy atom. The van der Waals surface area contributed by atoms with Gasteiger partial charge in [0.2, 0.25) is 5.91 Å². The second kappa shape index (κ2) is 11.3. The topological polar surface area (TPSA) is 110 Å². The zero-order chi connectivity index (χ0) is 27.8. The van der Waals surface area contributed by atoms with Gasteiger partial charge in [0.15, 0.2) is 5.01 Å². The maximum Gasteiger partial charge on any atom is 0.280 e. The quantitative estimate of drug-likeness (QED) is 0.417. The number of likely N-dealkylation sites (N-methyl/N-ethyl adjacent to an activating group) is 1. The Morgan fingerprint density at radius 1 is 1.15 bits per heavy atom. The van der Waals surface area contributed by atoms with Gasteiger partial charge in [-0.25, -0.2) is 4.98 Å². The molecule has 0 saturated heterocycles. The van der Waals surface area contributed by atoms with Crippen molar-refractivity contribution < 1.29 is 14.4 Å². The molecule has 9 nitrogen and oxygen atoms in total. The number of amides is 3.